The Kier molecular flexibility index (Phi) is 6.22. The van der Waals surface area contributed by atoms with Gasteiger partial charge in [-0.3, -0.25) is 0 Å². The van der Waals surface area contributed by atoms with Crippen molar-refractivity contribution in [2.45, 2.75) is 0 Å². The summed E-state index contributed by atoms with van der Waals surface area (Å²) in [6.45, 7) is 0. The van der Waals surface area contributed by atoms with Crippen molar-refractivity contribution < 1.29 is 0 Å². The zero-order chi connectivity index (χ0) is 32.2. The largest absolute Gasteiger partial charge is 0.309 e. The summed E-state index contributed by atoms with van der Waals surface area (Å²) in [6, 6.07) is 59.2. The lowest BCUT2D eigenvalue weighted by Gasteiger charge is -2.15. The third-order valence-electron chi connectivity index (χ3n) is 9.32. The number of hydrogen-bond acceptors (Lipinski definition) is 2. The van der Waals surface area contributed by atoms with E-state index in [1.54, 1.807) is 6.07 Å². The maximum atomic E-state index is 9.77. The van der Waals surface area contributed by atoms with Crippen LogP contribution in [0.1, 0.15) is 11.1 Å². The second-order valence-corrected chi connectivity index (χ2v) is 12.1. The van der Waals surface area contributed by atoms with Crippen molar-refractivity contribution in [2.75, 3.05) is 0 Å². The molecule has 0 fully saturated rings. The molecule has 4 nitrogen and oxygen atoms in total. The Morgan fingerprint density at radius 3 is 1.15 bits per heavy atom. The van der Waals surface area contributed by atoms with E-state index < -0.39 is 0 Å². The van der Waals surface area contributed by atoms with Gasteiger partial charge in [0.05, 0.1) is 45.3 Å². The minimum absolute atomic E-state index is 0.461. The van der Waals surface area contributed by atoms with Crippen molar-refractivity contribution in [3.05, 3.63) is 169 Å². The van der Waals surface area contributed by atoms with Gasteiger partial charge in [-0.25, -0.2) is 0 Å². The van der Waals surface area contributed by atoms with Crippen LogP contribution in [0.3, 0.4) is 0 Å². The Hall–Kier alpha value is -6.88. The van der Waals surface area contributed by atoms with E-state index in [4.69, 9.17) is 0 Å². The van der Waals surface area contributed by atoms with Gasteiger partial charge < -0.3 is 9.13 Å². The van der Waals surface area contributed by atoms with Crippen molar-refractivity contribution in [1.82, 2.24) is 9.13 Å². The van der Waals surface area contributed by atoms with Crippen LogP contribution >= 0.6 is 0 Å². The highest BCUT2D eigenvalue weighted by Gasteiger charge is 2.16. The minimum Gasteiger partial charge on any atom is -0.309 e. The summed E-state index contributed by atoms with van der Waals surface area (Å²) < 4.78 is 4.63. The predicted octanol–water partition coefficient (Wildman–Crippen LogP) is 11.0. The van der Waals surface area contributed by atoms with Gasteiger partial charge in [-0.1, -0.05) is 84.9 Å². The first-order valence-corrected chi connectivity index (χ1v) is 15.9. The van der Waals surface area contributed by atoms with Crippen LogP contribution in [0.4, 0.5) is 0 Å². The highest BCUT2D eigenvalue weighted by atomic mass is 15.0. The Morgan fingerprint density at radius 2 is 0.708 bits per heavy atom. The molecule has 222 valence electrons. The third-order valence-corrected chi connectivity index (χ3v) is 9.32. The fourth-order valence-electron chi connectivity index (χ4n) is 7.20. The van der Waals surface area contributed by atoms with E-state index in [1.165, 1.54) is 32.6 Å². The highest BCUT2D eigenvalue weighted by molar-refractivity contribution is 6.10. The second kappa shape index (κ2) is 10.9. The fourth-order valence-corrected chi connectivity index (χ4v) is 7.20. The van der Waals surface area contributed by atoms with Crippen LogP contribution in [0.25, 0.3) is 77.2 Å². The van der Waals surface area contributed by atoms with Crippen LogP contribution in [0.15, 0.2) is 158 Å². The average Bonchev–Trinajstić information content (AvgIpc) is 3.68. The number of rotatable bonds is 4. The Labute approximate surface area is 277 Å². The molecule has 0 aliphatic heterocycles. The number of fused-ring (bicyclic) bond motifs is 6. The molecule has 0 unspecified atom stereocenters. The molecule has 0 saturated heterocycles. The van der Waals surface area contributed by atoms with Gasteiger partial charge in [0.25, 0.3) is 0 Å². The van der Waals surface area contributed by atoms with Gasteiger partial charge in [0, 0.05) is 32.9 Å². The molecular formula is C44H26N4. The van der Waals surface area contributed by atoms with Crippen LogP contribution in [-0.2, 0) is 0 Å². The van der Waals surface area contributed by atoms with Gasteiger partial charge in [-0.15, -0.1) is 0 Å². The molecule has 2 aromatic heterocycles. The number of nitriles is 2. The number of para-hydroxylation sites is 4. The number of aromatic nitrogens is 2. The van der Waals surface area contributed by atoms with Crippen molar-refractivity contribution >= 4 is 43.6 Å². The van der Waals surface area contributed by atoms with Crippen LogP contribution < -0.4 is 0 Å². The van der Waals surface area contributed by atoms with E-state index in [0.29, 0.717) is 11.1 Å². The van der Waals surface area contributed by atoms with E-state index in [0.717, 1.165) is 44.7 Å². The maximum absolute atomic E-state index is 9.77. The molecule has 9 rings (SSSR count). The summed E-state index contributed by atoms with van der Waals surface area (Å²) in [6.07, 6.45) is 0. The second-order valence-electron chi connectivity index (χ2n) is 12.1. The number of benzene rings is 7. The van der Waals surface area contributed by atoms with Gasteiger partial charge in [-0.2, -0.15) is 10.5 Å². The predicted molar refractivity (Wildman–Crippen MR) is 195 cm³/mol. The van der Waals surface area contributed by atoms with Gasteiger partial charge >= 0.3 is 0 Å². The van der Waals surface area contributed by atoms with Crippen molar-refractivity contribution in [1.29, 1.82) is 10.5 Å². The topological polar surface area (TPSA) is 57.4 Å². The standard InChI is InChI=1S/C44H26N4/c45-27-29-21-30(28-46)23-32(22-29)34-24-33(25-36(26-34)48-43-15-7-3-11-39(43)40-12-4-8-16-44(40)48)31-17-19-35(20-18-31)47-41-13-5-1-9-37(41)38-10-2-6-14-42(38)47/h1-26H. The smallest absolute Gasteiger partial charge is 0.0992 e. The molecule has 2 heterocycles. The summed E-state index contributed by atoms with van der Waals surface area (Å²) in [5, 5.41) is 24.4. The Morgan fingerprint density at radius 1 is 0.333 bits per heavy atom. The minimum atomic E-state index is 0.461. The lowest BCUT2D eigenvalue weighted by Crippen LogP contribution is -1.97. The average molecular weight is 611 g/mol. The molecule has 0 saturated carbocycles. The van der Waals surface area contributed by atoms with Crippen molar-refractivity contribution in [2.24, 2.45) is 0 Å². The molecule has 0 radical (unpaired) electrons. The zero-order valence-electron chi connectivity index (χ0n) is 25.8. The molecule has 4 heteroatoms. The zero-order valence-corrected chi connectivity index (χ0v) is 25.8. The SMILES string of the molecule is N#Cc1cc(C#N)cc(-c2cc(-c3ccc(-n4c5ccccc5c5ccccc54)cc3)cc(-n3c4ccccc4c4ccccc43)c2)c1. The van der Waals surface area contributed by atoms with Crippen molar-refractivity contribution in [3.63, 3.8) is 0 Å². The Balaban J connectivity index is 1.26. The summed E-state index contributed by atoms with van der Waals surface area (Å²) in [7, 11) is 0. The molecule has 7 aromatic carbocycles. The molecule has 0 spiro atoms. The third kappa shape index (κ3) is 4.29. The summed E-state index contributed by atoms with van der Waals surface area (Å²) in [5.41, 5.74) is 11.5. The van der Waals surface area contributed by atoms with E-state index in [9.17, 15) is 10.5 Å². The summed E-state index contributed by atoms with van der Waals surface area (Å²) in [5.74, 6) is 0. The van der Waals surface area contributed by atoms with E-state index in [-0.39, 0.29) is 0 Å². The van der Waals surface area contributed by atoms with Gasteiger partial charge in [0.15, 0.2) is 0 Å². The van der Waals surface area contributed by atoms with Crippen LogP contribution in [0.2, 0.25) is 0 Å². The van der Waals surface area contributed by atoms with E-state index in [2.05, 4.69) is 161 Å². The van der Waals surface area contributed by atoms with E-state index in [1.807, 2.05) is 12.1 Å². The quantitative estimate of drug-likeness (QED) is 0.199. The molecule has 0 atom stereocenters. The molecule has 48 heavy (non-hydrogen) atoms. The molecule has 0 aliphatic carbocycles. The van der Waals surface area contributed by atoms with Gasteiger partial charge in [0.2, 0.25) is 0 Å². The van der Waals surface area contributed by atoms with Crippen molar-refractivity contribution in [3.8, 4) is 45.8 Å². The molecule has 0 N–H and O–H groups in total. The summed E-state index contributed by atoms with van der Waals surface area (Å²) in [4.78, 5) is 0. The number of hydrogen-bond donors (Lipinski definition) is 0. The molecule has 9 aromatic rings. The highest BCUT2D eigenvalue weighted by Crippen LogP contribution is 2.37. The van der Waals surface area contributed by atoms with Crippen LogP contribution in [0.5, 0.6) is 0 Å². The molecule has 0 bridgehead atoms. The normalized spacial score (nSPS) is 11.3. The monoisotopic (exact) mass is 610 g/mol. The Bertz CT molecular complexity index is 2660. The summed E-state index contributed by atoms with van der Waals surface area (Å²) >= 11 is 0. The first-order chi connectivity index (χ1) is 23.7. The van der Waals surface area contributed by atoms with Crippen LogP contribution in [0, 0.1) is 22.7 Å². The molecule has 0 amide bonds. The maximum Gasteiger partial charge on any atom is 0.0992 e. The lowest BCUT2D eigenvalue weighted by molar-refractivity contribution is 1.18. The van der Waals surface area contributed by atoms with Gasteiger partial charge in [0.1, 0.15) is 0 Å². The van der Waals surface area contributed by atoms with Crippen LogP contribution in [-0.4, -0.2) is 9.13 Å². The number of nitrogens with zero attached hydrogens (tertiary/aromatic N) is 4. The molecular weight excluding hydrogens is 585 g/mol. The van der Waals surface area contributed by atoms with Gasteiger partial charge in [-0.05, 0) is 95.1 Å². The molecule has 0 aliphatic rings. The fraction of sp³-hybridized carbons (Fsp3) is 0. The first kappa shape index (κ1) is 27.4. The van der Waals surface area contributed by atoms with E-state index >= 15 is 0 Å². The first-order valence-electron chi connectivity index (χ1n) is 15.9. The lowest BCUT2D eigenvalue weighted by atomic mass is 9.95.